The summed E-state index contributed by atoms with van der Waals surface area (Å²) in [5, 5.41) is 17.0. The van der Waals surface area contributed by atoms with Gasteiger partial charge in [-0.1, -0.05) is 12.1 Å². The molecule has 0 radical (unpaired) electrons. The monoisotopic (exact) mass is 280 g/mol. The second kappa shape index (κ2) is 6.02. The van der Waals surface area contributed by atoms with Crippen LogP contribution in [0.4, 0.5) is 0 Å². The number of fused-ring (bicyclic) bond motifs is 1. The van der Waals surface area contributed by atoms with Crippen molar-refractivity contribution < 1.29 is 14.7 Å². The Morgan fingerprint density at radius 3 is 2.80 bits per heavy atom. The summed E-state index contributed by atoms with van der Waals surface area (Å²) in [6.07, 6.45) is 4.05. The third kappa shape index (κ3) is 3.15. The molecule has 7 nitrogen and oxygen atoms in total. The third-order valence-corrected chi connectivity index (χ3v) is 3.68. The van der Waals surface area contributed by atoms with Gasteiger partial charge in [-0.25, -0.2) is 4.68 Å². The quantitative estimate of drug-likeness (QED) is 0.840. The van der Waals surface area contributed by atoms with Gasteiger partial charge in [0.25, 0.3) is 0 Å². The van der Waals surface area contributed by atoms with E-state index in [0.717, 1.165) is 37.1 Å². The molecule has 0 bridgehead atoms. The number of carbonyl (C=O) groups excluding carboxylic acids is 1. The predicted molar refractivity (Wildman–Crippen MR) is 71.1 cm³/mol. The molecule has 20 heavy (non-hydrogen) atoms. The van der Waals surface area contributed by atoms with Gasteiger partial charge in [0.2, 0.25) is 5.91 Å². The molecule has 1 aromatic heterocycles. The Morgan fingerprint density at radius 2 is 2.10 bits per heavy atom. The van der Waals surface area contributed by atoms with Crippen LogP contribution < -0.4 is 0 Å². The molecule has 0 aromatic carbocycles. The number of nitrogens with zero attached hydrogens (tertiary/aromatic N) is 4. The van der Waals surface area contributed by atoms with Gasteiger partial charge in [-0.2, -0.15) is 0 Å². The summed E-state index contributed by atoms with van der Waals surface area (Å²) in [5.74, 6) is -1.62. The third-order valence-electron chi connectivity index (χ3n) is 3.68. The van der Waals surface area contributed by atoms with Crippen molar-refractivity contribution in [3.63, 3.8) is 0 Å². The summed E-state index contributed by atoms with van der Waals surface area (Å²) in [5.41, 5.74) is 2.04. The molecule has 0 saturated heterocycles. The van der Waals surface area contributed by atoms with Gasteiger partial charge >= 0.3 is 5.97 Å². The first kappa shape index (κ1) is 14.5. The number of aryl methyl sites for hydroxylation is 1. The molecular formula is C13H20N4O3. The summed E-state index contributed by atoms with van der Waals surface area (Å²) in [7, 11) is 1.62. The van der Waals surface area contributed by atoms with E-state index in [1.165, 1.54) is 4.90 Å². The molecule has 110 valence electrons. The zero-order valence-corrected chi connectivity index (χ0v) is 11.9. The summed E-state index contributed by atoms with van der Waals surface area (Å²) < 4.78 is 1.65. The average Bonchev–Trinajstić information content (AvgIpc) is 2.82. The normalized spacial score (nSPS) is 15.5. The average molecular weight is 280 g/mol. The Bertz CT molecular complexity index is 512. The van der Waals surface area contributed by atoms with Gasteiger partial charge in [0, 0.05) is 13.6 Å². The number of aromatic nitrogens is 3. The number of aliphatic carboxylic acids is 1. The Balaban J connectivity index is 1.97. The van der Waals surface area contributed by atoms with E-state index in [4.69, 9.17) is 5.11 Å². The second-order valence-electron chi connectivity index (χ2n) is 5.36. The molecule has 1 heterocycles. The van der Waals surface area contributed by atoms with E-state index in [-0.39, 0.29) is 19.0 Å². The Labute approximate surface area is 117 Å². The van der Waals surface area contributed by atoms with Crippen molar-refractivity contribution in [1.82, 2.24) is 19.9 Å². The fourth-order valence-electron chi connectivity index (χ4n) is 2.39. The molecule has 1 atom stereocenters. The van der Waals surface area contributed by atoms with Crippen molar-refractivity contribution in [2.24, 2.45) is 5.92 Å². The first-order valence-corrected chi connectivity index (χ1v) is 6.87. The molecule has 0 spiro atoms. The number of amides is 1. The highest BCUT2D eigenvalue weighted by atomic mass is 16.4. The lowest BCUT2D eigenvalue weighted by molar-refractivity contribution is -0.142. The van der Waals surface area contributed by atoms with Crippen molar-refractivity contribution in [3.8, 4) is 0 Å². The highest BCUT2D eigenvalue weighted by Crippen LogP contribution is 2.18. The largest absolute Gasteiger partial charge is 0.481 e. The minimum atomic E-state index is -0.900. The molecule has 0 unspecified atom stereocenters. The van der Waals surface area contributed by atoms with Crippen LogP contribution in [-0.4, -0.2) is 50.5 Å². The van der Waals surface area contributed by atoms with E-state index >= 15 is 0 Å². The molecular weight excluding hydrogens is 260 g/mol. The Morgan fingerprint density at radius 1 is 1.40 bits per heavy atom. The van der Waals surface area contributed by atoms with Crippen molar-refractivity contribution in [3.05, 3.63) is 11.4 Å². The standard InChI is InChI=1S/C13H20N4O3/c1-9(13(19)20)7-16(2)12(18)8-17-11-6-4-3-5-10(11)14-15-17/h9H,3-8H2,1-2H3,(H,19,20)/t9-/m0/s1. The van der Waals surface area contributed by atoms with Crippen molar-refractivity contribution in [1.29, 1.82) is 0 Å². The van der Waals surface area contributed by atoms with Crippen molar-refractivity contribution >= 4 is 11.9 Å². The topological polar surface area (TPSA) is 88.3 Å². The fourth-order valence-corrected chi connectivity index (χ4v) is 2.39. The maximum atomic E-state index is 12.1. The lowest BCUT2D eigenvalue weighted by atomic mass is 10.0. The van der Waals surface area contributed by atoms with E-state index in [1.807, 2.05) is 0 Å². The van der Waals surface area contributed by atoms with E-state index in [9.17, 15) is 9.59 Å². The molecule has 1 aromatic rings. The highest BCUT2D eigenvalue weighted by molar-refractivity contribution is 5.77. The van der Waals surface area contributed by atoms with Gasteiger partial charge < -0.3 is 10.0 Å². The van der Waals surface area contributed by atoms with Gasteiger partial charge in [-0.05, 0) is 25.7 Å². The van der Waals surface area contributed by atoms with Crippen LogP contribution >= 0.6 is 0 Å². The SMILES string of the molecule is C[C@@H](CN(C)C(=O)Cn1nnc2c1CCCC2)C(=O)O. The zero-order chi connectivity index (χ0) is 14.7. The Hall–Kier alpha value is -1.92. The summed E-state index contributed by atoms with van der Waals surface area (Å²) in [6, 6.07) is 0. The lowest BCUT2D eigenvalue weighted by Crippen LogP contribution is -2.36. The number of carbonyl (C=O) groups is 2. The highest BCUT2D eigenvalue weighted by Gasteiger charge is 2.21. The van der Waals surface area contributed by atoms with Gasteiger partial charge in [-0.15, -0.1) is 5.10 Å². The van der Waals surface area contributed by atoms with E-state index in [2.05, 4.69) is 10.3 Å². The van der Waals surface area contributed by atoms with E-state index in [0.29, 0.717) is 0 Å². The number of hydrogen-bond donors (Lipinski definition) is 1. The smallest absolute Gasteiger partial charge is 0.308 e. The molecule has 1 aliphatic carbocycles. The minimum Gasteiger partial charge on any atom is -0.481 e. The number of hydrogen-bond acceptors (Lipinski definition) is 4. The molecule has 1 N–H and O–H groups in total. The zero-order valence-electron chi connectivity index (χ0n) is 11.9. The molecule has 1 amide bonds. The van der Waals surface area contributed by atoms with Crippen LogP contribution in [0.2, 0.25) is 0 Å². The van der Waals surface area contributed by atoms with E-state index < -0.39 is 11.9 Å². The molecule has 0 fully saturated rings. The van der Waals surface area contributed by atoms with Crippen LogP contribution in [0.25, 0.3) is 0 Å². The summed E-state index contributed by atoms with van der Waals surface area (Å²) in [4.78, 5) is 24.3. The molecule has 1 aliphatic rings. The first-order valence-electron chi connectivity index (χ1n) is 6.87. The molecule has 2 rings (SSSR count). The Kier molecular flexibility index (Phi) is 4.36. The number of likely N-dealkylation sites (N-methyl/N-ethyl adjacent to an activating group) is 1. The molecule has 7 heteroatoms. The summed E-state index contributed by atoms with van der Waals surface area (Å²) >= 11 is 0. The lowest BCUT2D eigenvalue weighted by Gasteiger charge is -2.20. The number of rotatable bonds is 5. The van der Waals surface area contributed by atoms with Crippen LogP contribution in [0.15, 0.2) is 0 Å². The maximum absolute atomic E-state index is 12.1. The van der Waals surface area contributed by atoms with Gasteiger partial charge in [0.05, 0.1) is 17.3 Å². The second-order valence-corrected chi connectivity index (χ2v) is 5.36. The predicted octanol–water partition coefficient (Wildman–Crippen LogP) is 0.336. The van der Waals surface area contributed by atoms with Crippen molar-refractivity contribution in [2.75, 3.05) is 13.6 Å². The van der Waals surface area contributed by atoms with E-state index in [1.54, 1.807) is 18.7 Å². The van der Waals surface area contributed by atoms with Crippen LogP contribution in [0.3, 0.4) is 0 Å². The van der Waals surface area contributed by atoms with Crippen LogP contribution in [0.1, 0.15) is 31.2 Å². The van der Waals surface area contributed by atoms with Crippen LogP contribution in [0, 0.1) is 5.92 Å². The molecule has 0 saturated carbocycles. The van der Waals surface area contributed by atoms with Crippen LogP contribution in [-0.2, 0) is 29.0 Å². The maximum Gasteiger partial charge on any atom is 0.308 e. The van der Waals surface area contributed by atoms with Gasteiger partial charge in [-0.3, -0.25) is 9.59 Å². The summed E-state index contributed by atoms with van der Waals surface area (Å²) in [6.45, 7) is 1.92. The van der Waals surface area contributed by atoms with Crippen LogP contribution in [0.5, 0.6) is 0 Å². The van der Waals surface area contributed by atoms with Gasteiger partial charge in [0.1, 0.15) is 6.54 Å². The van der Waals surface area contributed by atoms with Gasteiger partial charge in [0.15, 0.2) is 0 Å². The number of carboxylic acid groups (broad SMARTS) is 1. The minimum absolute atomic E-state index is 0.130. The van der Waals surface area contributed by atoms with Crippen molar-refractivity contribution in [2.45, 2.75) is 39.2 Å². The fraction of sp³-hybridized carbons (Fsp3) is 0.692. The first-order chi connectivity index (χ1) is 9.49. The number of carboxylic acids is 1. The molecule has 0 aliphatic heterocycles.